The largest absolute Gasteiger partial charge is 0.444 e. The number of hydrogen-bond acceptors (Lipinski definition) is 4. The monoisotopic (exact) mass is 444 g/mol. The number of alkyl halides is 3. The number of carbonyl (C=O) groups is 1. The molecule has 0 unspecified atom stereocenters. The zero-order valence-corrected chi connectivity index (χ0v) is 18.5. The summed E-state index contributed by atoms with van der Waals surface area (Å²) in [5.41, 5.74) is 4.56. The zero-order chi connectivity index (χ0) is 22.9. The normalized spacial score (nSPS) is 16.0. The second kappa shape index (κ2) is 8.41. The smallest absolute Gasteiger partial charge is 0.410 e. The van der Waals surface area contributed by atoms with E-state index in [1.807, 2.05) is 0 Å². The van der Waals surface area contributed by atoms with Gasteiger partial charge in [-0.2, -0.15) is 13.2 Å². The Morgan fingerprint density at radius 1 is 1.30 bits per heavy atom. The number of nitrogens with one attached hydrogen (secondary N) is 1. The van der Waals surface area contributed by atoms with Gasteiger partial charge >= 0.3 is 12.3 Å². The highest BCUT2D eigenvalue weighted by molar-refractivity contribution is 7.10. The van der Waals surface area contributed by atoms with Crippen molar-refractivity contribution < 1.29 is 22.7 Å². The number of hydrogen-bond donors (Lipinski definition) is 2. The number of ether oxygens (including phenoxy) is 1. The Morgan fingerprint density at radius 3 is 2.50 bits per heavy atom. The van der Waals surface area contributed by atoms with E-state index >= 15 is 0 Å². The van der Waals surface area contributed by atoms with E-state index in [1.165, 1.54) is 11.3 Å². The van der Waals surface area contributed by atoms with Gasteiger partial charge in [-0.15, -0.1) is 11.3 Å². The second-order valence-electron chi connectivity index (χ2n) is 8.64. The molecule has 1 aliphatic heterocycles. The first-order chi connectivity index (χ1) is 13.6. The number of amides is 1. The van der Waals surface area contributed by atoms with Crippen LogP contribution in [0.2, 0.25) is 0 Å². The van der Waals surface area contributed by atoms with Crippen LogP contribution in [0.25, 0.3) is 0 Å². The molecule has 1 aromatic rings. The second-order valence-corrected chi connectivity index (χ2v) is 9.61. The van der Waals surface area contributed by atoms with Gasteiger partial charge in [-0.05, 0) is 52.7 Å². The number of carbonyl (C=O) groups excluding carboxylic acids is 1. The molecule has 1 aromatic heterocycles. The lowest BCUT2D eigenvalue weighted by atomic mass is 9.92. The summed E-state index contributed by atoms with van der Waals surface area (Å²) >= 11 is 1.40. The van der Waals surface area contributed by atoms with Crippen LogP contribution in [-0.4, -0.2) is 41.0 Å². The molecule has 0 aromatic carbocycles. The van der Waals surface area contributed by atoms with E-state index in [2.05, 4.69) is 4.99 Å². The van der Waals surface area contributed by atoms with Crippen molar-refractivity contribution in [1.29, 1.82) is 5.41 Å². The Bertz CT molecular complexity index is 880. The number of nitrogens with two attached hydrogens (primary N) is 1. The molecule has 166 valence electrons. The fourth-order valence-electron chi connectivity index (χ4n) is 2.62. The predicted molar refractivity (Wildman–Crippen MR) is 112 cm³/mol. The molecule has 0 spiro atoms. The van der Waals surface area contributed by atoms with Crippen molar-refractivity contribution in [2.24, 2.45) is 16.1 Å². The molecule has 6 nitrogen and oxygen atoms in total. The first kappa shape index (κ1) is 23.9. The number of allylic oxidation sites excluding steroid dienone is 1. The van der Waals surface area contributed by atoms with E-state index in [4.69, 9.17) is 15.9 Å². The van der Waals surface area contributed by atoms with Crippen LogP contribution in [0.15, 0.2) is 22.5 Å². The van der Waals surface area contributed by atoms with Crippen LogP contribution in [0, 0.1) is 10.8 Å². The molecule has 1 aliphatic rings. The van der Waals surface area contributed by atoms with Crippen molar-refractivity contribution in [2.75, 3.05) is 6.54 Å². The molecule has 0 atom stereocenters. The number of rotatable bonds is 3. The van der Waals surface area contributed by atoms with Crippen molar-refractivity contribution >= 4 is 29.1 Å². The molecule has 2 heterocycles. The van der Waals surface area contributed by atoms with Crippen molar-refractivity contribution in [3.63, 3.8) is 0 Å². The summed E-state index contributed by atoms with van der Waals surface area (Å²) in [7, 11) is 0. The summed E-state index contributed by atoms with van der Waals surface area (Å²) < 4.78 is 44.2. The summed E-state index contributed by atoms with van der Waals surface area (Å²) in [5.74, 6) is -0.298. The summed E-state index contributed by atoms with van der Waals surface area (Å²) in [4.78, 5) is 18.7. The fraction of sp³-hybridized carbons (Fsp3) is 0.550. The minimum atomic E-state index is -4.41. The van der Waals surface area contributed by atoms with E-state index in [1.54, 1.807) is 31.1 Å². The van der Waals surface area contributed by atoms with Crippen LogP contribution in [0.1, 0.15) is 50.6 Å². The van der Waals surface area contributed by atoms with Gasteiger partial charge in [-0.1, -0.05) is 6.08 Å². The van der Waals surface area contributed by atoms with Crippen LogP contribution in [0.3, 0.4) is 0 Å². The molecule has 0 saturated heterocycles. The van der Waals surface area contributed by atoms with Gasteiger partial charge in [0.1, 0.15) is 11.4 Å². The van der Waals surface area contributed by atoms with Crippen LogP contribution < -0.4 is 5.73 Å². The van der Waals surface area contributed by atoms with Crippen LogP contribution in [0.5, 0.6) is 0 Å². The quantitative estimate of drug-likeness (QED) is 0.515. The summed E-state index contributed by atoms with van der Waals surface area (Å²) in [6.07, 6.45) is -2.27. The number of nitrogens with zero attached hydrogens (tertiary/aromatic N) is 2. The third kappa shape index (κ3) is 5.84. The zero-order valence-electron chi connectivity index (χ0n) is 17.7. The third-order valence-electron chi connectivity index (χ3n) is 4.50. The lowest BCUT2D eigenvalue weighted by Gasteiger charge is -2.30. The van der Waals surface area contributed by atoms with Gasteiger partial charge in [0, 0.05) is 22.4 Å². The number of halogens is 3. The molecule has 1 amide bonds. The summed E-state index contributed by atoms with van der Waals surface area (Å²) in [6, 6.07) is 0. The minimum Gasteiger partial charge on any atom is -0.444 e. The van der Waals surface area contributed by atoms with Crippen LogP contribution in [0.4, 0.5) is 18.0 Å². The van der Waals surface area contributed by atoms with Crippen molar-refractivity contribution in [2.45, 2.75) is 59.4 Å². The molecule has 0 aliphatic carbocycles. The standard InChI is InChI=1S/C20H27F3N4O2S/c1-18(2,3)29-17(28)27-9-7-12-13(11-30-14(12)10-27)16(25)26-15(24)6-8-19(4,5)20(21,22)23/h6,8,11H,7,9-10H2,1-5H3,(H3,24,25,26)/b8-6+. The van der Waals surface area contributed by atoms with E-state index < -0.39 is 23.3 Å². The van der Waals surface area contributed by atoms with Gasteiger partial charge in [-0.25, -0.2) is 9.79 Å². The molecule has 0 fully saturated rings. The first-order valence-electron chi connectivity index (χ1n) is 9.37. The van der Waals surface area contributed by atoms with Gasteiger partial charge in [0.2, 0.25) is 0 Å². The average molecular weight is 445 g/mol. The Labute approximate surface area is 178 Å². The Balaban J connectivity index is 2.12. The summed E-state index contributed by atoms with van der Waals surface area (Å²) in [5, 5.41) is 9.96. The SMILES string of the molecule is CC(C)(C)OC(=O)N1CCc2c(C(=N)N=C(N)/C=C/C(C)(C)C(F)(F)F)csc2C1. The summed E-state index contributed by atoms with van der Waals surface area (Å²) in [6.45, 7) is 8.30. The van der Waals surface area contributed by atoms with E-state index in [0.29, 0.717) is 25.1 Å². The number of aliphatic imine (C=N–C) groups is 1. The highest BCUT2D eigenvalue weighted by Gasteiger charge is 2.45. The third-order valence-corrected chi connectivity index (χ3v) is 5.51. The maximum Gasteiger partial charge on any atom is 0.410 e. The molecule has 3 N–H and O–H groups in total. The highest BCUT2D eigenvalue weighted by Crippen LogP contribution is 2.38. The van der Waals surface area contributed by atoms with Gasteiger partial charge in [0.25, 0.3) is 0 Å². The number of fused-ring (bicyclic) bond motifs is 1. The maximum absolute atomic E-state index is 12.9. The van der Waals surface area contributed by atoms with Crippen molar-refractivity contribution in [1.82, 2.24) is 4.90 Å². The van der Waals surface area contributed by atoms with Gasteiger partial charge in [-0.3, -0.25) is 5.41 Å². The van der Waals surface area contributed by atoms with E-state index in [0.717, 1.165) is 36.4 Å². The van der Waals surface area contributed by atoms with Crippen molar-refractivity contribution in [3.8, 4) is 0 Å². The number of thiophene rings is 1. The van der Waals surface area contributed by atoms with Gasteiger partial charge in [0.05, 0.1) is 12.0 Å². The maximum atomic E-state index is 12.9. The van der Waals surface area contributed by atoms with Crippen molar-refractivity contribution in [3.05, 3.63) is 33.5 Å². The lowest BCUT2D eigenvalue weighted by Crippen LogP contribution is -2.39. The molecular formula is C20H27F3N4O2S. The topological polar surface area (TPSA) is 91.8 Å². The highest BCUT2D eigenvalue weighted by atomic mass is 32.1. The molecule has 30 heavy (non-hydrogen) atoms. The first-order valence-corrected chi connectivity index (χ1v) is 10.2. The van der Waals surface area contributed by atoms with Crippen LogP contribution in [-0.2, 0) is 17.7 Å². The molecule has 0 saturated carbocycles. The van der Waals surface area contributed by atoms with Gasteiger partial charge < -0.3 is 15.4 Å². The predicted octanol–water partition coefficient (Wildman–Crippen LogP) is 4.87. The Hall–Kier alpha value is -2.36. The molecule has 2 rings (SSSR count). The fourth-order valence-corrected chi connectivity index (χ4v) is 3.72. The molecular weight excluding hydrogens is 417 g/mol. The Kier molecular flexibility index (Phi) is 6.70. The van der Waals surface area contributed by atoms with E-state index in [9.17, 15) is 18.0 Å². The average Bonchev–Trinajstić information content (AvgIpc) is 3.00. The van der Waals surface area contributed by atoms with Crippen LogP contribution >= 0.6 is 11.3 Å². The Morgan fingerprint density at radius 2 is 1.93 bits per heavy atom. The minimum absolute atomic E-state index is 0.120. The van der Waals surface area contributed by atoms with Gasteiger partial charge in [0.15, 0.2) is 5.84 Å². The number of amidine groups is 2. The molecule has 10 heteroatoms. The molecule has 0 radical (unpaired) electrons. The lowest BCUT2D eigenvalue weighted by molar-refractivity contribution is -0.193. The van der Waals surface area contributed by atoms with E-state index in [-0.39, 0.29) is 11.7 Å². The molecule has 0 bridgehead atoms.